The third kappa shape index (κ3) is 4.58. The number of esters is 1. The molecule has 0 spiro atoms. The van der Waals surface area contributed by atoms with Gasteiger partial charge in [0.1, 0.15) is 6.61 Å². The Morgan fingerprint density at radius 1 is 1.24 bits per heavy atom. The molecule has 2 heterocycles. The number of carbonyl (C=O) groups excluding carboxylic acids is 2. The Morgan fingerprint density at radius 2 is 1.97 bits per heavy atom. The van der Waals surface area contributed by atoms with Gasteiger partial charge in [0.15, 0.2) is 5.65 Å². The molecule has 0 aliphatic heterocycles. The highest BCUT2D eigenvalue weighted by molar-refractivity contribution is 7.93. The van der Waals surface area contributed by atoms with E-state index >= 15 is 0 Å². The van der Waals surface area contributed by atoms with Gasteiger partial charge in [-0.05, 0) is 19.1 Å². The van der Waals surface area contributed by atoms with Crippen LogP contribution in [0.3, 0.4) is 0 Å². The van der Waals surface area contributed by atoms with Crippen molar-refractivity contribution in [2.24, 2.45) is 0 Å². The van der Waals surface area contributed by atoms with Crippen molar-refractivity contribution in [1.29, 1.82) is 0 Å². The summed E-state index contributed by atoms with van der Waals surface area (Å²) in [5, 5.41) is 2.67. The van der Waals surface area contributed by atoms with Gasteiger partial charge < -0.3 is 14.2 Å². The van der Waals surface area contributed by atoms with Gasteiger partial charge in [0.05, 0.1) is 30.0 Å². The summed E-state index contributed by atoms with van der Waals surface area (Å²) >= 11 is 6.20. The Morgan fingerprint density at radius 3 is 2.61 bits per heavy atom. The molecule has 0 saturated carbocycles. The number of anilines is 1. The highest BCUT2D eigenvalue weighted by Gasteiger charge is 2.38. The van der Waals surface area contributed by atoms with Gasteiger partial charge >= 0.3 is 22.0 Å². The zero-order valence-corrected chi connectivity index (χ0v) is 19.1. The summed E-state index contributed by atoms with van der Waals surface area (Å²) in [6.45, 7) is 0.983. The number of carbonyl (C=O) groups is 2. The second-order valence-corrected chi connectivity index (χ2v) is 8.27. The van der Waals surface area contributed by atoms with Crippen molar-refractivity contribution in [1.82, 2.24) is 19.6 Å². The molecule has 33 heavy (non-hydrogen) atoms. The van der Waals surface area contributed by atoms with E-state index in [9.17, 15) is 22.4 Å². The number of sulfonamides is 1. The maximum absolute atomic E-state index is 13.8. The van der Waals surface area contributed by atoms with Gasteiger partial charge in [-0.3, -0.25) is 4.79 Å². The van der Waals surface area contributed by atoms with Crippen LogP contribution < -0.4 is 9.04 Å². The number of methoxy groups -OCH3 is 2. The van der Waals surface area contributed by atoms with Gasteiger partial charge in [0.25, 0.3) is 11.1 Å². The average Bonchev–Trinajstić information content (AvgIpc) is 3.20. The second kappa shape index (κ2) is 9.64. The minimum absolute atomic E-state index is 0.0774. The summed E-state index contributed by atoms with van der Waals surface area (Å²) in [7, 11) is -2.66. The van der Waals surface area contributed by atoms with Gasteiger partial charge in [-0.15, -0.1) is 5.10 Å². The maximum atomic E-state index is 13.8. The van der Waals surface area contributed by atoms with Crippen LogP contribution in [0.15, 0.2) is 29.4 Å². The molecule has 0 unspecified atom stereocenters. The zero-order chi connectivity index (χ0) is 24.3. The molecule has 1 aromatic carbocycles. The molecule has 3 rings (SSSR count). The number of hydrogen-bond donors (Lipinski definition) is 0. The number of amides is 1. The van der Waals surface area contributed by atoms with Crippen molar-refractivity contribution >= 4 is 44.8 Å². The lowest BCUT2D eigenvalue weighted by molar-refractivity contribution is -0.120. The summed E-state index contributed by atoms with van der Waals surface area (Å²) in [4.78, 5) is 32.5. The lowest BCUT2D eigenvalue weighted by Crippen LogP contribution is -2.41. The Labute approximate surface area is 191 Å². The van der Waals surface area contributed by atoms with E-state index < -0.39 is 45.3 Å². The van der Waals surface area contributed by atoms with Crippen LogP contribution in [-0.4, -0.2) is 67.3 Å². The van der Waals surface area contributed by atoms with Crippen molar-refractivity contribution < 1.29 is 36.6 Å². The summed E-state index contributed by atoms with van der Waals surface area (Å²) < 4.78 is 56.6. The Kier molecular flexibility index (Phi) is 7.09. The molecular weight excluding hydrogens is 485 g/mol. The zero-order valence-electron chi connectivity index (χ0n) is 17.5. The molecule has 0 bridgehead atoms. The van der Waals surface area contributed by atoms with Crippen LogP contribution in [0.1, 0.15) is 17.3 Å². The third-order valence-electron chi connectivity index (χ3n) is 4.08. The SMILES string of the molecule is CCOc1nc(F)cc2nc(S(=O)(=O)N(C(=O)COC)c3c(Cl)cccc3C(=O)OC)nn12. The van der Waals surface area contributed by atoms with E-state index in [1.807, 2.05) is 0 Å². The molecule has 0 aliphatic rings. The van der Waals surface area contributed by atoms with E-state index in [1.54, 1.807) is 6.92 Å². The molecule has 0 saturated heterocycles. The van der Waals surface area contributed by atoms with Crippen molar-refractivity contribution in [3.63, 3.8) is 0 Å². The normalized spacial score (nSPS) is 11.4. The Balaban J connectivity index is 2.28. The number of fused-ring (bicyclic) bond motifs is 1. The number of hydrogen-bond acceptors (Lipinski definition) is 10. The van der Waals surface area contributed by atoms with Crippen molar-refractivity contribution in [2.75, 3.05) is 31.7 Å². The molecule has 176 valence electrons. The standard InChI is InChI=1S/C18H17ClFN5O7S/c1-4-32-18-21-12(20)8-13-22-17(23-24(13)18)33(28,29)25(14(26)9-30-2)15-10(16(27)31-3)6-5-7-11(15)19/h5-8H,4,9H2,1-3H3. The van der Waals surface area contributed by atoms with Crippen molar-refractivity contribution in [2.45, 2.75) is 12.1 Å². The predicted octanol–water partition coefficient (Wildman–Crippen LogP) is 1.47. The summed E-state index contributed by atoms with van der Waals surface area (Å²) in [6, 6.07) is 4.33. The van der Waals surface area contributed by atoms with E-state index in [0.717, 1.165) is 17.7 Å². The van der Waals surface area contributed by atoms with Gasteiger partial charge in [0, 0.05) is 13.2 Å². The summed E-state index contributed by atoms with van der Waals surface area (Å²) in [5.41, 5.74) is -1.05. The first-order valence-corrected chi connectivity index (χ1v) is 11.0. The number of rotatable bonds is 8. The molecule has 0 radical (unpaired) electrons. The number of aromatic nitrogens is 4. The van der Waals surface area contributed by atoms with E-state index in [2.05, 4.69) is 19.8 Å². The Hall–Kier alpha value is -3.36. The number of nitrogens with zero attached hydrogens (tertiary/aromatic N) is 5. The summed E-state index contributed by atoms with van der Waals surface area (Å²) in [5.74, 6) is -3.05. The van der Waals surface area contributed by atoms with Crippen molar-refractivity contribution in [3.8, 4) is 6.01 Å². The number of ether oxygens (including phenoxy) is 3. The molecule has 1 amide bonds. The molecule has 2 aromatic heterocycles. The van der Waals surface area contributed by atoms with Crippen LogP contribution in [0.5, 0.6) is 6.01 Å². The molecule has 0 atom stereocenters. The monoisotopic (exact) mass is 501 g/mol. The first-order valence-electron chi connectivity index (χ1n) is 9.15. The molecule has 15 heteroatoms. The van der Waals surface area contributed by atoms with E-state index in [-0.39, 0.29) is 33.2 Å². The smallest absolute Gasteiger partial charge is 0.340 e. The number of para-hydroxylation sites is 1. The van der Waals surface area contributed by atoms with Gasteiger partial charge in [-0.2, -0.15) is 31.6 Å². The topological polar surface area (TPSA) is 142 Å². The van der Waals surface area contributed by atoms with Crippen molar-refractivity contribution in [3.05, 3.63) is 40.8 Å². The fourth-order valence-corrected chi connectivity index (χ4v) is 4.41. The first-order chi connectivity index (χ1) is 15.6. The van der Waals surface area contributed by atoms with E-state index in [1.165, 1.54) is 25.3 Å². The van der Waals surface area contributed by atoms with Crippen LogP contribution in [-0.2, 0) is 24.3 Å². The van der Waals surface area contributed by atoms with Crippen LogP contribution in [0.4, 0.5) is 10.1 Å². The third-order valence-corrected chi connectivity index (χ3v) is 5.88. The van der Waals surface area contributed by atoms with Crippen LogP contribution in [0, 0.1) is 5.95 Å². The molecule has 0 N–H and O–H groups in total. The average molecular weight is 502 g/mol. The van der Waals surface area contributed by atoms with E-state index in [0.29, 0.717) is 0 Å². The molecule has 12 nitrogen and oxygen atoms in total. The molecule has 0 aliphatic carbocycles. The fraction of sp³-hybridized carbons (Fsp3) is 0.278. The quantitative estimate of drug-likeness (QED) is 0.329. The van der Waals surface area contributed by atoms with E-state index in [4.69, 9.17) is 21.1 Å². The molecule has 3 aromatic rings. The Bertz CT molecular complexity index is 1330. The van der Waals surface area contributed by atoms with Gasteiger partial charge in [-0.25, -0.2) is 4.79 Å². The largest absolute Gasteiger partial charge is 0.465 e. The lowest BCUT2D eigenvalue weighted by Gasteiger charge is -2.23. The number of halogens is 2. The molecular formula is C18H17ClFN5O7S. The minimum atomic E-state index is -4.91. The van der Waals surface area contributed by atoms with Crippen LogP contribution >= 0.6 is 11.6 Å². The highest BCUT2D eigenvalue weighted by atomic mass is 35.5. The maximum Gasteiger partial charge on any atom is 0.340 e. The predicted molar refractivity (Wildman–Crippen MR) is 111 cm³/mol. The summed E-state index contributed by atoms with van der Waals surface area (Å²) in [6.07, 6.45) is 0. The van der Waals surface area contributed by atoms with Crippen LogP contribution in [0.25, 0.3) is 5.65 Å². The minimum Gasteiger partial charge on any atom is -0.465 e. The molecule has 0 fully saturated rings. The lowest BCUT2D eigenvalue weighted by atomic mass is 10.1. The van der Waals surface area contributed by atoms with Gasteiger partial charge in [0.2, 0.25) is 5.95 Å². The highest BCUT2D eigenvalue weighted by Crippen LogP contribution is 2.34. The second-order valence-electron chi connectivity index (χ2n) is 6.18. The first kappa shape index (κ1) is 24.3. The number of benzene rings is 1. The van der Waals surface area contributed by atoms with Gasteiger partial charge in [-0.1, -0.05) is 17.7 Å². The van der Waals surface area contributed by atoms with Crippen LogP contribution in [0.2, 0.25) is 5.02 Å². The fourth-order valence-electron chi connectivity index (χ4n) is 2.79.